The second-order valence-corrected chi connectivity index (χ2v) is 5.52. The van der Waals surface area contributed by atoms with Gasteiger partial charge >= 0.3 is 0 Å². The maximum absolute atomic E-state index is 5.96. The second-order valence-electron chi connectivity index (χ2n) is 5.13. The highest BCUT2D eigenvalue weighted by atomic mass is 35.5. The Labute approximate surface area is 124 Å². The third kappa shape index (κ3) is 2.88. The van der Waals surface area contributed by atoms with Gasteiger partial charge in [-0.3, -0.25) is 0 Å². The van der Waals surface area contributed by atoms with E-state index in [9.17, 15) is 0 Å². The summed E-state index contributed by atoms with van der Waals surface area (Å²) in [6, 6.07) is 14.5. The summed E-state index contributed by atoms with van der Waals surface area (Å²) in [4.78, 5) is 9.10. The molecule has 0 saturated carbocycles. The molecule has 1 fully saturated rings. The summed E-state index contributed by atoms with van der Waals surface area (Å²) in [7, 11) is 0. The highest BCUT2D eigenvalue weighted by molar-refractivity contribution is 6.29. The fourth-order valence-electron chi connectivity index (χ4n) is 2.59. The molecule has 3 rings (SSSR count). The number of hydrogen-bond donors (Lipinski definition) is 0. The van der Waals surface area contributed by atoms with Crippen LogP contribution in [0.15, 0.2) is 42.5 Å². The first-order valence-corrected chi connectivity index (χ1v) is 7.29. The molecule has 104 valence electrons. The molecule has 3 nitrogen and oxygen atoms in total. The van der Waals surface area contributed by atoms with E-state index in [1.54, 1.807) is 0 Å². The first-order valence-electron chi connectivity index (χ1n) is 6.91. The van der Waals surface area contributed by atoms with Crippen molar-refractivity contribution in [2.45, 2.75) is 6.92 Å². The first kappa shape index (κ1) is 13.3. The van der Waals surface area contributed by atoms with E-state index >= 15 is 0 Å². The van der Waals surface area contributed by atoms with Crippen molar-refractivity contribution in [2.75, 3.05) is 36.0 Å². The molecule has 2 aromatic rings. The molecule has 0 N–H and O–H groups in total. The van der Waals surface area contributed by atoms with Crippen molar-refractivity contribution < 1.29 is 0 Å². The molecule has 0 bridgehead atoms. The summed E-state index contributed by atoms with van der Waals surface area (Å²) in [5, 5.41) is 0.559. The largest absolute Gasteiger partial charge is 0.368 e. The summed E-state index contributed by atoms with van der Waals surface area (Å²) >= 11 is 5.96. The second kappa shape index (κ2) is 5.71. The number of benzene rings is 1. The Bertz CT molecular complexity index is 538. The standard InChI is InChI=1S/C16H18ClN3/c1-13-4-2-5-14(12-13)19-8-10-20(11-9-19)16-7-3-6-15(17)18-16/h2-7,12H,8-11H2,1H3. The van der Waals surface area contributed by atoms with Crippen molar-refractivity contribution in [3.05, 3.63) is 53.2 Å². The number of halogens is 1. The first-order chi connectivity index (χ1) is 9.72. The minimum absolute atomic E-state index is 0.559. The SMILES string of the molecule is Cc1cccc(N2CCN(c3cccc(Cl)n3)CC2)c1. The molecule has 0 atom stereocenters. The lowest BCUT2D eigenvalue weighted by Gasteiger charge is -2.36. The molecule has 1 aromatic carbocycles. The maximum atomic E-state index is 5.96. The highest BCUT2D eigenvalue weighted by Gasteiger charge is 2.18. The van der Waals surface area contributed by atoms with Crippen LogP contribution in [-0.4, -0.2) is 31.2 Å². The zero-order chi connectivity index (χ0) is 13.9. The van der Waals surface area contributed by atoms with Crippen LogP contribution in [0.3, 0.4) is 0 Å². The van der Waals surface area contributed by atoms with Crippen molar-refractivity contribution in [2.24, 2.45) is 0 Å². The summed E-state index contributed by atoms with van der Waals surface area (Å²) < 4.78 is 0. The van der Waals surface area contributed by atoms with Gasteiger partial charge in [0.1, 0.15) is 11.0 Å². The van der Waals surface area contributed by atoms with Gasteiger partial charge in [0.15, 0.2) is 0 Å². The van der Waals surface area contributed by atoms with Crippen molar-refractivity contribution in [3.63, 3.8) is 0 Å². The third-order valence-electron chi connectivity index (χ3n) is 3.67. The Morgan fingerprint density at radius 1 is 0.950 bits per heavy atom. The monoisotopic (exact) mass is 287 g/mol. The minimum atomic E-state index is 0.559. The Morgan fingerprint density at radius 2 is 1.65 bits per heavy atom. The molecule has 0 amide bonds. The molecule has 1 aliphatic rings. The molecule has 4 heteroatoms. The van der Waals surface area contributed by atoms with E-state index in [0.717, 1.165) is 32.0 Å². The third-order valence-corrected chi connectivity index (χ3v) is 3.88. The Kier molecular flexibility index (Phi) is 3.79. The number of aromatic nitrogens is 1. The topological polar surface area (TPSA) is 19.4 Å². The molecular weight excluding hydrogens is 270 g/mol. The van der Waals surface area contributed by atoms with Crippen LogP contribution >= 0.6 is 11.6 Å². The van der Waals surface area contributed by atoms with Crippen LogP contribution in [0.25, 0.3) is 0 Å². The van der Waals surface area contributed by atoms with Crippen molar-refractivity contribution in [1.82, 2.24) is 4.98 Å². The minimum Gasteiger partial charge on any atom is -0.368 e. The number of aryl methyl sites for hydroxylation is 1. The number of piperazine rings is 1. The van der Waals surface area contributed by atoms with Crippen LogP contribution in [0.5, 0.6) is 0 Å². The quantitative estimate of drug-likeness (QED) is 0.790. The number of pyridine rings is 1. The molecule has 0 spiro atoms. The lowest BCUT2D eigenvalue weighted by molar-refractivity contribution is 0.647. The number of hydrogen-bond acceptors (Lipinski definition) is 3. The maximum Gasteiger partial charge on any atom is 0.131 e. The van der Waals surface area contributed by atoms with Crippen molar-refractivity contribution >= 4 is 23.1 Å². The Morgan fingerprint density at radius 3 is 2.35 bits per heavy atom. The van der Waals surface area contributed by atoms with Crippen LogP contribution in [0.2, 0.25) is 5.15 Å². The molecule has 1 aromatic heterocycles. The predicted molar refractivity (Wildman–Crippen MR) is 84.9 cm³/mol. The smallest absolute Gasteiger partial charge is 0.131 e. The van der Waals surface area contributed by atoms with E-state index in [4.69, 9.17) is 11.6 Å². The summed E-state index contributed by atoms with van der Waals surface area (Å²) in [5.74, 6) is 0.974. The fraction of sp³-hybridized carbons (Fsp3) is 0.312. The molecule has 0 aliphatic carbocycles. The molecule has 2 heterocycles. The van der Waals surface area contributed by atoms with Crippen molar-refractivity contribution in [1.29, 1.82) is 0 Å². The molecular formula is C16H18ClN3. The van der Waals surface area contributed by atoms with Gasteiger partial charge in [-0.15, -0.1) is 0 Å². The number of anilines is 2. The zero-order valence-corrected chi connectivity index (χ0v) is 12.3. The highest BCUT2D eigenvalue weighted by Crippen LogP contribution is 2.21. The van der Waals surface area contributed by atoms with Gasteiger partial charge in [0.25, 0.3) is 0 Å². The van der Waals surface area contributed by atoms with Gasteiger partial charge in [-0.2, -0.15) is 0 Å². The van der Waals surface area contributed by atoms with Gasteiger partial charge in [0, 0.05) is 31.9 Å². The molecule has 1 aliphatic heterocycles. The molecule has 0 radical (unpaired) electrons. The molecule has 20 heavy (non-hydrogen) atoms. The van der Waals surface area contributed by atoms with E-state index in [1.165, 1.54) is 11.3 Å². The number of rotatable bonds is 2. The zero-order valence-electron chi connectivity index (χ0n) is 11.6. The average molecular weight is 288 g/mol. The Hall–Kier alpha value is -1.74. The van der Waals surface area contributed by atoms with E-state index in [0.29, 0.717) is 5.15 Å². The lowest BCUT2D eigenvalue weighted by atomic mass is 10.2. The Balaban J connectivity index is 1.68. The summed E-state index contributed by atoms with van der Waals surface area (Å²) in [6.07, 6.45) is 0. The van der Waals surface area contributed by atoms with Gasteiger partial charge < -0.3 is 9.80 Å². The van der Waals surface area contributed by atoms with E-state index in [-0.39, 0.29) is 0 Å². The van der Waals surface area contributed by atoms with Crippen LogP contribution in [0.4, 0.5) is 11.5 Å². The van der Waals surface area contributed by atoms with Crippen LogP contribution in [0, 0.1) is 6.92 Å². The van der Waals surface area contributed by atoms with Crippen LogP contribution < -0.4 is 9.80 Å². The van der Waals surface area contributed by atoms with Gasteiger partial charge in [-0.25, -0.2) is 4.98 Å². The van der Waals surface area contributed by atoms with Gasteiger partial charge in [0.2, 0.25) is 0 Å². The predicted octanol–water partition coefficient (Wildman–Crippen LogP) is 3.37. The molecule has 1 saturated heterocycles. The normalized spacial score (nSPS) is 15.5. The summed E-state index contributed by atoms with van der Waals surface area (Å²) in [6.45, 7) is 6.10. The van der Waals surface area contributed by atoms with Gasteiger partial charge in [0.05, 0.1) is 0 Å². The van der Waals surface area contributed by atoms with Crippen molar-refractivity contribution in [3.8, 4) is 0 Å². The van der Waals surface area contributed by atoms with E-state index in [1.807, 2.05) is 18.2 Å². The number of nitrogens with zero attached hydrogens (tertiary/aromatic N) is 3. The van der Waals surface area contributed by atoms with Crippen LogP contribution in [0.1, 0.15) is 5.56 Å². The lowest BCUT2D eigenvalue weighted by Crippen LogP contribution is -2.46. The van der Waals surface area contributed by atoms with Gasteiger partial charge in [-0.05, 0) is 36.8 Å². The van der Waals surface area contributed by atoms with Crippen LogP contribution in [-0.2, 0) is 0 Å². The van der Waals surface area contributed by atoms with Gasteiger partial charge in [-0.1, -0.05) is 29.8 Å². The fourth-order valence-corrected chi connectivity index (χ4v) is 2.75. The average Bonchev–Trinajstić information content (AvgIpc) is 2.47. The van der Waals surface area contributed by atoms with E-state index < -0.39 is 0 Å². The van der Waals surface area contributed by atoms with E-state index in [2.05, 4.69) is 46.0 Å². The summed E-state index contributed by atoms with van der Waals surface area (Å²) in [5.41, 5.74) is 2.62. The molecule has 0 unspecified atom stereocenters.